The number of esters is 2. The highest BCUT2D eigenvalue weighted by Gasteiger charge is 2.45. The van der Waals surface area contributed by atoms with Crippen LogP contribution in [0.2, 0.25) is 0 Å². The third-order valence-corrected chi connectivity index (χ3v) is 10.7. The molecule has 6 aromatic rings. The topological polar surface area (TPSA) is 111 Å². The monoisotopic (exact) mass is 784 g/mol. The van der Waals surface area contributed by atoms with Gasteiger partial charge < -0.3 is 20.1 Å². The first-order valence-electron chi connectivity index (χ1n) is 20.3. The molecule has 0 radical (unpaired) electrons. The van der Waals surface area contributed by atoms with Gasteiger partial charge in [-0.2, -0.15) is 0 Å². The number of carbonyl (C=O) groups is 4. The van der Waals surface area contributed by atoms with E-state index in [2.05, 4.69) is 34.9 Å². The molecule has 0 fully saturated rings. The van der Waals surface area contributed by atoms with Gasteiger partial charge in [-0.15, -0.1) is 0 Å². The summed E-state index contributed by atoms with van der Waals surface area (Å²) in [6.07, 6.45) is 3.14. The van der Waals surface area contributed by atoms with Gasteiger partial charge in [-0.25, -0.2) is 0 Å². The smallest absolute Gasteiger partial charge is 0.306 e. The number of amides is 2. The molecule has 8 heteroatoms. The average molecular weight is 785 g/mol. The summed E-state index contributed by atoms with van der Waals surface area (Å²) in [7, 11) is 0. The zero-order chi connectivity index (χ0) is 40.9. The number of benzene rings is 6. The summed E-state index contributed by atoms with van der Waals surface area (Å²) in [5, 5.41) is 5.88. The Morgan fingerprint density at radius 3 is 1.20 bits per heavy atom. The van der Waals surface area contributed by atoms with E-state index in [1.807, 2.05) is 133 Å². The Morgan fingerprint density at radius 1 is 0.424 bits per heavy atom. The molecule has 6 aromatic carbocycles. The fourth-order valence-corrected chi connectivity index (χ4v) is 7.87. The van der Waals surface area contributed by atoms with Crippen molar-refractivity contribution in [2.45, 2.75) is 56.8 Å². The van der Waals surface area contributed by atoms with E-state index >= 15 is 0 Å². The summed E-state index contributed by atoms with van der Waals surface area (Å²) in [5.41, 5.74) is 9.48. The molecule has 2 amide bonds. The molecule has 0 aromatic heterocycles. The Morgan fingerprint density at radius 2 is 0.797 bits per heavy atom. The maximum atomic E-state index is 12.9. The lowest BCUT2D eigenvalue weighted by atomic mass is 9.67. The van der Waals surface area contributed by atoms with Gasteiger partial charge in [-0.1, -0.05) is 133 Å². The lowest BCUT2D eigenvalue weighted by Crippen LogP contribution is -2.28. The van der Waals surface area contributed by atoms with Gasteiger partial charge in [-0.3, -0.25) is 19.2 Å². The molecule has 1 aliphatic carbocycles. The number of fused-ring (bicyclic) bond motifs is 3. The minimum atomic E-state index is -0.688. The number of hydrogen-bond acceptors (Lipinski definition) is 6. The maximum Gasteiger partial charge on any atom is 0.306 e. The SMILES string of the molecule is O=C(CCC(=O)OCCCc1ccccc1)Nc1ccc(C2(c3ccc(NC(=O)CCC(=O)OCCCc4ccccc4)cc3)c3ccccc3-c3ccccc32)cc1. The Bertz CT molecular complexity index is 2190. The summed E-state index contributed by atoms with van der Waals surface area (Å²) in [6.45, 7) is 0.632. The van der Waals surface area contributed by atoms with Crippen molar-refractivity contribution in [1.82, 2.24) is 0 Å². The minimum absolute atomic E-state index is 0.00446. The van der Waals surface area contributed by atoms with Crippen LogP contribution in [0.15, 0.2) is 158 Å². The van der Waals surface area contributed by atoms with Gasteiger partial charge in [0.1, 0.15) is 0 Å². The number of anilines is 2. The van der Waals surface area contributed by atoms with Crippen LogP contribution in [0.1, 0.15) is 71.9 Å². The fraction of sp³-hybridized carbons (Fsp3) is 0.216. The molecule has 0 saturated carbocycles. The summed E-state index contributed by atoms with van der Waals surface area (Å²) in [6, 6.07) is 52.6. The first kappa shape index (κ1) is 40.4. The first-order chi connectivity index (χ1) is 28.9. The quantitative estimate of drug-likeness (QED) is 0.0663. The molecule has 0 aliphatic heterocycles. The van der Waals surface area contributed by atoms with Crippen molar-refractivity contribution in [3.63, 3.8) is 0 Å². The van der Waals surface area contributed by atoms with Crippen molar-refractivity contribution in [2.24, 2.45) is 0 Å². The summed E-state index contributed by atoms with van der Waals surface area (Å²) >= 11 is 0. The van der Waals surface area contributed by atoms with E-state index in [0.29, 0.717) is 24.6 Å². The van der Waals surface area contributed by atoms with Crippen LogP contribution in [0.3, 0.4) is 0 Å². The Hall–Kier alpha value is -6.80. The molecule has 2 N–H and O–H groups in total. The second kappa shape index (κ2) is 19.6. The van der Waals surface area contributed by atoms with Crippen LogP contribution in [-0.2, 0) is 46.9 Å². The zero-order valence-electron chi connectivity index (χ0n) is 33.0. The second-order valence-electron chi connectivity index (χ2n) is 14.7. The van der Waals surface area contributed by atoms with Crippen molar-refractivity contribution in [2.75, 3.05) is 23.8 Å². The van der Waals surface area contributed by atoms with Crippen LogP contribution in [0.25, 0.3) is 11.1 Å². The third-order valence-electron chi connectivity index (χ3n) is 10.7. The van der Waals surface area contributed by atoms with E-state index < -0.39 is 5.41 Å². The molecule has 8 nitrogen and oxygen atoms in total. The number of carbonyl (C=O) groups excluding carboxylic acids is 4. The molecule has 1 aliphatic rings. The van der Waals surface area contributed by atoms with E-state index in [-0.39, 0.29) is 49.4 Å². The van der Waals surface area contributed by atoms with Gasteiger partial charge in [0.25, 0.3) is 0 Å². The molecule has 7 rings (SSSR count). The van der Waals surface area contributed by atoms with Crippen LogP contribution in [0, 0.1) is 0 Å². The van der Waals surface area contributed by atoms with Crippen molar-refractivity contribution in [3.8, 4) is 11.1 Å². The van der Waals surface area contributed by atoms with E-state index in [1.54, 1.807) is 0 Å². The fourth-order valence-electron chi connectivity index (χ4n) is 7.87. The number of ether oxygens (including phenoxy) is 2. The Kier molecular flexibility index (Phi) is 13.4. The van der Waals surface area contributed by atoms with Crippen LogP contribution in [-0.4, -0.2) is 37.0 Å². The van der Waals surface area contributed by atoms with Gasteiger partial charge in [0.15, 0.2) is 0 Å². The predicted octanol–water partition coefficient (Wildman–Crippen LogP) is 9.84. The van der Waals surface area contributed by atoms with E-state index in [0.717, 1.165) is 59.1 Å². The van der Waals surface area contributed by atoms with Gasteiger partial charge in [-0.05, 0) is 94.5 Å². The van der Waals surface area contributed by atoms with E-state index in [1.165, 1.54) is 11.1 Å². The Labute approximate surface area is 345 Å². The number of rotatable bonds is 18. The summed E-state index contributed by atoms with van der Waals surface area (Å²) in [5.74, 6) is -1.31. The van der Waals surface area contributed by atoms with E-state index in [4.69, 9.17) is 9.47 Å². The molecule has 0 bridgehead atoms. The normalized spacial score (nSPS) is 12.1. The summed E-state index contributed by atoms with van der Waals surface area (Å²) < 4.78 is 10.7. The molecule has 0 atom stereocenters. The van der Waals surface area contributed by atoms with Crippen molar-refractivity contribution >= 4 is 35.1 Å². The largest absolute Gasteiger partial charge is 0.466 e. The zero-order valence-corrected chi connectivity index (χ0v) is 33.0. The highest BCUT2D eigenvalue weighted by atomic mass is 16.5. The minimum Gasteiger partial charge on any atom is -0.466 e. The first-order valence-corrected chi connectivity index (χ1v) is 20.3. The number of hydrogen-bond donors (Lipinski definition) is 2. The average Bonchev–Trinajstić information content (AvgIpc) is 3.57. The van der Waals surface area contributed by atoms with Crippen molar-refractivity contribution in [1.29, 1.82) is 0 Å². The number of aryl methyl sites for hydroxylation is 2. The summed E-state index contributed by atoms with van der Waals surface area (Å²) in [4.78, 5) is 50.5. The Balaban J connectivity index is 0.986. The van der Waals surface area contributed by atoms with Gasteiger partial charge in [0, 0.05) is 24.2 Å². The maximum absolute atomic E-state index is 12.9. The second-order valence-corrected chi connectivity index (χ2v) is 14.7. The van der Waals surface area contributed by atoms with Crippen LogP contribution < -0.4 is 10.6 Å². The van der Waals surface area contributed by atoms with E-state index in [9.17, 15) is 19.2 Å². The van der Waals surface area contributed by atoms with Crippen LogP contribution in [0.4, 0.5) is 11.4 Å². The standard InChI is InChI=1S/C51H48N2O6/c54-47(31-33-49(56)58-35-11-17-37-13-3-1-4-14-37)52-41-27-23-39(24-28-41)51(45-21-9-7-19-43(45)44-20-8-10-22-46(44)51)40-25-29-42(30-26-40)53-48(55)32-34-50(57)59-36-12-18-38-15-5-2-6-16-38/h1-10,13-16,19-30H,11-12,17-18,31-36H2,(H,52,54)(H,53,55). The lowest BCUT2D eigenvalue weighted by molar-refractivity contribution is -0.145. The number of nitrogens with one attached hydrogen (secondary N) is 2. The van der Waals surface area contributed by atoms with Crippen molar-refractivity contribution in [3.05, 3.63) is 191 Å². The molecule has 59 heavy (non-hydrogen) atoms. The van der Waals surface area contributed by atoms with Gasteiger partial charge >= 0.3 is 11.9 Å². The van der Waals surface area contributed by atoms with Crippen molar-refractivity contribution < 1.29 is 28.7 Å². The predicted molar refractivity (Wildman–Crippen MR) is 231 cm³/mol. The highest BCUT2D eigenvalue weighted by Crippen LogP contribution is 2.56. The molecular formula is C51H48N2O6. The molecule has 0 heterocycles. The third kappa shape index (κ3) is 10.0. The van der Waals surface area contributed by atoms with Gasteiger partial charge in [0.05, 0.1) is 31.5 Å². The molecule has 298 valence electrons. The molecular weight excluding hydrogens is 737 g/mol. The highest BCUT2D eigenvalue weighted by molar-refractivity contribution is 5.94. The van der Waals surface area contributed by atoms with Crippen LogP contribution >= 0.6 is 0 Å². The molecule has 0 saturated heterocycles. The molecule has 0 unspecified atom stereocenters. The van der Waals surface area contributed by atoms with Crippen LogP contribution in [0.5, 0.6) is 0 Å². The lowest BCUT2D eigenvalue weighted by Gasteiger charge is -2.34. The van der Waals surface area contributed by atoms with Gasteiger partial charge in [0.2, 0.25) is 11.8 Å². The molecule has 0 spiro atoms.